The predicted molar refractivity (Wildman–Crippen MR) is 78.6 cm³/mol. The van der Waals surface area contributed by atoms with Gasteiger partial charge in [-0.25, -0.2) is 8.78 Å². The van der Waals surface area contributed by atoms with E-state index >= 15 is 0 Å². The molecule has 0 atom stereocenters. The van der Waals surface area contributed by atoms with Crippen LogP contribution in [0.5, 0.6) is 0 Å². The van der Waals surface area contributed by atoms with E-state index in [0.29, 0.717) is 21.9 Å². The fourth-order valence-corrected chi connectivity index (χ4v) is 2.65. The van der Waals surface area contributed by atoms with Crippen LogP contribution in [0, 0.1) is 21.7 Å². The van der Waals surface area contributed by atoms with E-state index in [-0.39, 0.29) is 5.69 Å². The van der Waals surface area contributed by atoms with Crippen molar-refractivity contribution in [3.63, 3.8) is 0 Å². The molecule has 0 saturated carbocycles. The fourth-order valence-electron chi connectivity index (χ4n) is 1.78. The molecule has 0 amide bonds. The number of nitrogens with zero attached hydrogens (tertiary/aromatic N) is 1. The van der Waals surface area contributed by atoms with Gasteiger partial charge in [-0.2, -0.15) is 0 Å². The highest BCUT2D eigenvalue weighted by Crippen LogP contribution is 2.30. The van der Waals surface area contributed by atoms with Crippen LogP contribution in [-0.2, 0) is 5.75 Å². The molecule has 0 bridgehead atoms. The summed E-state index contributed by atoms with van der Waals surface area (Å²) in [4.78, 5) is 10.8. The highest BCUT2D eigenvalue weighted by Gasteiger charge is 2.14. The molecule has 0 fully saturated rings. The van der Waals surface area contributed by atoms with Crippen molar-refractivity contribution in [2.45, 2.75) is 10.6 Å². The second kappa shape index (κ2) is 6.53. The summed E-state index contributed by atoms with van der Waals surface area (Å²) >= 11 is 1.16. The Morgan fingerprint density at radius 1 is 1.24 bits per heavy atom. The molecule has 0 saturated heterocycles. The molecule has 1 N–H and O–H groups in total. The van der Waals surface area contributed by atoms with E-state index in [0.717, 1.165) is 17.8 Å². The molecule has 0 aromatic heterocycles. The van der Waals surface area contributed by atoms with Crippen LogP contribution in [0.3, 0.4) is 0 Å². The molecule has 0 heterocycles. The number of anilines is 1. The molecule has 110 valence electrons. The van der Waals surface area contributed by atoms with Gasteiger partial charge in [0.25, 0.3) is 5.69 Å². The molecule has 0 spiro atoms. The van der Waals surface area contributed by atoms with Crippen LogP contribution >= 0.6 is 11.8 Å². The first-order valence-corrected chi connectivity index (χ1v) is 7.02. The maximum absolute atomic E-state index is 13.5. The molecule has 0 aliphatic heterocycles. The number of rotatable bonds is 5. The van der Waals surface area contributed by atoms with Gasteiger partial charge in [-0.05, 0) is 23.8 Å². The van der Waals surface area contributed by atoms with Gasteiger partial charge in [0.05, 0.1) is 4.92 Å². The quantitative estimate of drug-likeness (QED) is 0.511. The summed E-state index contributed by atoms with van der Waals surface area (Å²) in [7, 11) is 1.60. The molecule has 2 rings (SSSR count). The van der Waals surface area contributed by atoms with Gasteiger partial charge >= 0.3 is 0 Å². The largest absolute Gasteiger partial charge is 0.383 e. The Hall–Kier alpha value is -2.15. The molecule has 2 aromatic rings. The maximum Gasteiger partial charge on any atom is 0.292 e. The minimum absolute atomic E-state index is 0.0322. The van der Waals surface area contributed by atoms with Gasteiger partial charge in [0.1, 0.15) is 17.3 Å². The lowest BCUT2D eigenvalue weighted by atomic mass is 10.2. The van der Waals surface area contributed by atoms with Crippen LogP contribution in [0.25, 0.3) is 0 Å². The van der Waals surface area contributed by atoms with Crippen molar-refractivity contribution >= 4 is 23.1 Å². The zero-order valence-electron chi connectivity index (χ0n) is 11.1. The average molecular weight is 310 g/mol. The predicted octanol–water partition coefficient (Wildman–Crippen LogP) is 4.21. The molecule has 21 heavy (non-hydrogen) atoms. The van der Waals surface area contributed by atoms with Crippen LogP contribution in [-0.4, -0.2) is 12.0 Å². The fraction of sp³-hybridized carbons (Fsp3) is 0.143. The standard InChI is InChI=1S/C14H12F2N2O2S/c1-17-12-4-2-9(6-13(12)18(19)20)8-21-14-5-3-10(15)7-11(14)16/h2-7,17H,8H2,1H3. The zero-order valence-corrected chi connectivity index (χ0v) is 11.9. The van der Waals surface area contributed by atoms with E-state index in [2.05, 4.69) is 5.32 Å². The summed E-state index contributed by atoms with van der Waals surface area (Å²) in [6.45, 7) is 0. The summed E-state index contributed by atoms with van der Waals surface area (Å²) in [5, 5.41) is 13.7. The van der Waals surface area contributed by atoms with Crippen LogP contribution < -0.4 is 5.32 Å². The van der Waals surface area contributed by atoms with Crippen molar-refractivity contribution in [2.75, 3.05) is 12.4 Å². The molecule has 4 nitrogen and oxygen atoms in total. The molecule has 7 heteroatoms. The topological polar surface area (TPSA) is 55.2 Å². The first-order chi connectivity index (χ1) is 10.0. The summed E-state index contributed by atoms with van der Waals surface area (Å²) in [5.74, 6) is -0.917. The van der Waals surface area contributed by atoms with Crippen LogP contribution in [0.2, 0.25) is 0 Å². The molecule has 0 aliphatic rings. The van der Waals surface area contributed by atoms with Gasteiger partial charge < -0.3 is 5.32 Å². The molecule has 0 unspecified atom stereocenters. The highest BCUT2D eigenvalue weighted by atomic mass is 32.2. The van der Waals surface area contributed by atoms with E-state index in [1.54, 1.807) is 19.2 Å². The number of thioether (sulfide) groups is 1. The van der Waals surface area contributed by atoms with Gasteiger partial charge in [0.15, 0.2) is 0 Å². The van der Waals surface area contributed by atoms with Crippen molar-refractivity contribution in [3.05, 3.63) is 63.7 Å². The molecular formula is C14H12F2N2O2S. The Bertz CT molecular complexity index is 680. The summed E-state index contributed by atoms with van der Waals surface area (Å²) < 4.78 is 26.3. The smallest absolute Gasteiger partial charge is 0.292 e. The lowest BCUT2D eigenvalue weighted by Crippen LogP contribution is -1.97. The number of benzene rings is 2. The zero-order chi connectivity index (χ0) is 15.4. The van der Waals surface area contributed by atoms with E-state index in [1.165, 1.54) is 18.2 Å². The number of hydrogen-bond acceptors (Lipinski definition) is 4. The Morgan fingerprint density at radius 2 is 2.00 bits per heavy atom. The lowest BCUT2D eigenvalue weighted by molar-refractivity contribution is -0.384. The van der Waals surface area contributed by atoms with Crippen molar-refractivity contribution in [1.29, 1.82) is 0 Å². The van der Waals surface area contributed by atoms with Gasteiger partial charge in [-0.1, -0.05) is 6.07 Å². The first kappa shape index (κ1) is 15.2. The van der Waals surface area contributed by atoms with Crippen LogP contribution in [0.4, 0.5) is 20.2 Å². The van der Waals surface area contributed by atoms with Crippen molar-refractivity contribution in [1.82, 2.24) is 0 Å². The normalized spacial score (nSPS) is 10.4. The van der Waals surface area contributed by atoms with Crippen molar-refractivity contribution in [3.8, 4) is 0 Å². The van der Waals surface area contributed by atoms with E-state index in [4.69, 9.17) is 0 Å². The second-order valence-corrected chi connectivity index (χ2v) is 5.24. The number of nitro benzene ring substituents is 1. The number of hydrogen-bond donors (Lipinski definition) is 1. The molecule has 0 aliphatic carbocycles. The Kier molecular flexibility index (Phi) is 4.74. The number of nitro groups is 1. The molecular weight excluding hydrogens is 298 g/mol. The Morgan fingerprint density at radius 3 is 2.62 bits per heavy atom. The summed E-state index contributed by atoms with van der Waals surface area (Å²) in [5.41, 5.74) is 1.08. The van der Waals surface area contributed by atoms with E-state index < -0.39 is 16.6 Å². The SMILES string of the molecule is CNc1ccc(CSc2ccc(F)cc2F)cc1[N+](=O)[O-]. The Labute approximate surface area is 124 Å². The third-order valence-electron chi connectivity index (χ3n) is 2.82. The Balaban J connectivity index is 2.16. The van der Waals surface area contributed by atoms with Crippen LogP contribution in [0.15, 0.2) is 41.3 Å². The summed E-state index contributed by atoms with van der Waals surface area (Å²) in [6, 6.07) is 8.13. The summed E-state index contributed by atoms with van der Waals surface area (Å²) in [6.07, 6.45) is 0. The second-order valence-electron chi connectivity index (χ2n) is 4.22. The maximum atomic E-state index is 13.5. The number of nitrogens with one attached hydrogen (secondary N) is 1. The van der Waals surface area contributed by atoms with Crippen molar-refractivity contribution in [2.24, 2.45) is 0 Å². The minimum Gasteiger partial charge on any atom is -0.383 e. The minimum atomic E-state index is -0.638. The third kappa shape index (κ3) is 3.69. The third-order valence-corrected chi connectivity index (χ3v) is 3.94. The van der Waals surface area contributed by atoms with Gasteiger partial charge in [0, 0.05) is 29.8 Å². The van der Waals surface area contributed by atoms with Crippen LogP contribution in [0.1, 0.15) is 5.56 Å². The van der Waals surface area contributed by atoms with E-state index in [1.807, 2.05) is 0 Å². The van der Waals surface area contributed by atoms with Gasteiger partial charge in [-0.3, -0.25) is 10.1 Å². The van der Waals surface area contributed by atoms with Crippen molar-refractivity contribution < 1.29 is 13.7 Å². The molecule has 0 radical (unpaired) electrons. The van der Waals surface area contributed by atoms with Gasteiger partial charge in [0.2, 0.25) is 0 Å². The number of halogens is 2. The monoisotopic (exact) mass is 310 g/mol. The highest BCUT2D eigenvalue weighted by molar-refractivity contribution is 7.98. The van der Waals surface area contributed by atoms with E-state index in [9.17, 15) is 18.9 Å². The average Bonchev–Trinajstić information content (AvgIpc) is 2.46. The van der Waals surface area contributed by atoms with Gasteiger partial charge in [-0.15, -0.1) is 11.8 Å². The lowest BCUT2D eigenvalue weighted by Gasteiger charge is -2.06. The first-order valence-electron chi connectivity index (χ1n) is 6.04. The molecule has 2 aromatic carbocycles.